The molecule has 0 bridgehead atoms. The summed E-state index contributed by atoms with van der Waals surface area (Å²) in [4.78, 5) is 1.93. The molecule has 1 unspecified atom stereocenters. The van der Waals surface area contributed by atoms with Crippen LogP contribution in [0.4, 0.5) is 5.13 Å². The van der Waals surface area contributed by atoms with E-state index in [2.05, 4.69) is 10.2 Å². The van der Waals surface area contributed by atoms with Crippen molar-refractivity contribution in [2.75, 3.05) is 31.4 Å². The highest BCUT2D eigenvalue weighted by molar-refractivity contribution is 8.01. The number of anilines is 1. The number of rotatable bonds is 6. The molecule has 86 valence electrons. The summed E-state index contributed by atoms with van der Waals surface area (Å²) < 4.78 is 0.923. The summed E-state index contributed by atoms with van der Waals surface area (Å²) in [5.74, 6) is 0.766. The van der Waals surface area contributed by atoms with Crippen molar-refractivity contribution >= 4 is 28.2 Å². The molecule has 1 aromatic heterocycles. The van der Waals surface area contributed by atoms with Crippen LogP contribution in [0.1, 0.15) is 6.42 Å². The normalized spacial score (nSPS) is 12.8. The fraction of sp³-hybridized carbons (Fsp3) is 0.750. The van der Waals surface area contributed by atoms with Gasteiger partial charge in [-0.25, -0.2) is 0 Å². The Kier molecular flexibility index (Phi) is 5.30. The highest BCUT2D eigenvalue weighted by Gasteiger charge is 2.08. The fourth-order valence-corrected chi connectivity index (χ4v) is 2.66. The second kappa shape index (κ2) is 6.26. The summed E-state index contributed by atoms with van der Waals surface area (Å²) in [6.07, 6.45) is 0.631. The average molecular weight is 248 g/mol. The lowest BCUT2D eigenvalue weighted by Crippen LogP contribution is -2.23. The van der Waals surface area contributed by atoms with Crippen LogP contribution in [0.2, 0.25) is 0 Å². The Labute approximate surface area is 97.7 Å². The smallest absolute Gasteiger partial charge is 0.208 e. The fourth-order valence-electron chi connectivity index (χ4n) is 0.869. The molecule has 0 aromatic carbocycles. The third-order valence-electron chi connectivity index (χ3n) is 1.70. The molecule has 0 amide bonds. The van der Waals surface area contributed by atoms with Crippen molar-refractivity contribution < 1.29 is 5.11 Å². The molecule has 0 aliphatic carbocycles. The van der Waals surface area contributed by atoms with Crippen LogP contribution in [0.15, 0.2) is 4.34 Å². The number of nitrogens with zero attached hydrogens (tertiary/aromatic N) is 3. The summed E-state index contributed by atoms with van der Waals surface area (Å²) >= 11 is 3.14. The zero-order valence-electron chi connectivity index (χ0n) is 8.88. The van der Waals surface area contributed by atoms with Crippen molar-refractivity contribution in [1.82, 2.24) is 10.2 Å². The minimum atomic E-state index is 0.0201. The SMILES string of the molecule is CN(C)c1nnc(SCC(N)CCO)s1. The Hall–Kier alpha value is -0.370. The van der Waals surface area contributed by atoms with Crippen molar-refractivity contribution in [1.29, 1.82) is 0 Å². The van der Waals surface area contributed by atoms with E-state index in [-0.39, 0.29) is 12.6 Å². The van der Waals surface area contributed by atoms with Crippen LogP contribution in [0.25, 0.3) is 0 Å². The topological polar surface area (TPSA) is 75.3 Å². The molecule has 3 N–H and O–H groups in total. The van der Waals surface area contributed by atoms with E-state index >= 15 is 0 Å². The van der Waals surface area contributed by atoms with Crippen LogP contribution in [0.3, 0.4) is 0 Å². The zero-order valence-corrected chi connectivity index (χ0v) is 10.5. The lowest BCUT2D eigenvalue weighted by atomic mass is 10.3. The van der Waals surface area contributed by atoms with Crippen LogP contribution in [0.5, 0.6) is 0 Å². The average Bonchev–Trinajstić information content (AvgIpc) is 2.63. The third-order valence-corrected chi connectivity index (χ3v) is 4.11. The van der Waals surface area contributed by atoms with E-state index in [1.54, 1.807) is 23.1 Å². The molecule has 15 heavy (non-hydrogen) atoms. The van der Waals surface area contributed by atoms with Crippen molar-refractivity contribution in [3.63, 3.8) is 0 Å². The number of aromatic nitrogens is 2. The molecular formula is C8H16N4OS2. The Morgan fingerprint density at radius 3 is 2.80 bits per heavy atom. The monoisotopic (exact) mass is 248 g/mol. The Bertz CT molecular complexity index is 292. The predicted octanol–water partition coefficient (Wildman–Crippen LogP) is 0.406. The largest absolute Gasteiger partial charge is 0.396 e. The number of aliphatic hydroxyl groups is 1. The minimum absolute atomic E-state index is 0.0201. The number of thioether (sulfide) groups is 1. The maximum absolute atomic E-state index is 8.69. The molecule has 0 saturated heterocycles. The van der Waals surface area contributed by atoms with Gasteiger partial charge in [0.1, 0.15) is 0 Å². The number of nitrogens with two attached hydrogens (primary N) is 1. The number of hydrogen-bond acceptors (Lipinski definition) is 7. The molecule has 5 nitrogen and oxygen atoms in total. The van der Waals surface area contributed by atoms with E-state index in [0.29, 0.717) is 6.42 Å². The van der Waals surface area contributed by atoms with E-state index in [1.807, 2.05) is 19.0 Å². The van der Waals surface area contributed by atoms with Crippen molar-refractivity contribution in [3.05, 3.63) is 0 Å². The quantitative estimate of drug-likeness (QED) is 0.710. The van der Waals surface area contributed by atoms with E-state index in [9.17, 15) is 0 Å². The molecular weight excluding hydrogens is 232 g/mol. The van der Waals surface area contributed by atoms with Gasteiger partial charge in [0, 0.05) is 32.5 Å². The Balaban J connectivity index is 2.37. The van der Waals surface area contributed by atoms with Crippen LogP contribution < -0.4 is 10.6 Å². The van der Waals surface area contributed by atoms with Crippen LogP contribution in [-0.4, -0.2) is 47.8 Å². The number of aliphatic hydroxyl groups excluding tert-OH is 1. The standard InChI is InChI=1S/C8H16N4OS2/c1-12(2)7-10-11-8(15-7)14-5-6(9)3-4-13/h6,13H,3-5,9H2,1-2H3. The lowest BCUT2D eigenvalue weighted by molar-refractivity contribution is 0.279. The molecule has 0 aliphatic heterocycles. The molecule has 1 aromatic rings. The molecule has 0 spiro atoms. The maximum Gasteiger partial charge on any atom is 0.208 e. The summed E-state index contributed by atoms with van der Waals surface area (Å²) in [6.45, 7) is 0.140. The first-order chi connectivity index (χ1) is 7.13. The van der Waals surface area contributed by atoms with Crippen LogP contribution in [-0.2, 0) is 0 Å². The van der Waals surface area contributed by atoms with Gasteiger partial charge in [-0.05, 0) is 6.42 Å². The lowest BCUT2D eigenvalue weighted by Gasteiger charge is -2.06. The van der Waals surface area contributed by atoms with Gasteiger partial charge in [0.05, 0.1) is 0 Å². The minimum Gasteiger partial charge on any atom is -0.396 e. The molecule has 1 heterocycles. The highest BCUT2D eigenvalue weighted by Crippen LogP contribution is 2.27. The first-order valence-electron chi connectivity index (χ1n) is 4.63. The van der Waals surface area contributed by atoms with Crippen molar-refractivity contribution in [2.24, 2.45) is 5.73 Å². The van der Waals surface area contributed by atoms with E-state index in [0.717, 1.165) is 15.2 Å². The van der Waals surface area contributed by atoms with Gasteiger partial charge in [0.15, 0.2) is 4.34 Å². The molecule has 1 atom stereocenters. The zero-order chi connectivity index (χ0) is 11.3. The highest BCUT2D eigenvalue weighted by atomic mass is 32.2. The maximum atomic E-state index is 8.69. The van der Waals surface area contributed by atoms with Gasteiger partial charge < -0.3 is 15.7 Å². The predicted molar refractivity (Wildman–Crippen MR) is 64.6 cm³/mol. The summed E-state index contributed by atoms with van der Waals surface area (Å²) in [7, 11) is 3.87. The first kappa shape index (κ1) is 12.7. The molecule has 0 aliphatic rings. The van der Waals surface area contributed by atoms with Crippen LogP contribution in [0, 0.1) is 0 Å². The Morgan fingerprint density at radius 1 is 1.53 bits per heavy atom. The summed E-state index contributed by atoms with van der Waals surface area (Å²) in [5, 5.41) is 17.7. The van der Waals surface area contributed by atoms with Gasteiger partial charge in [0.25, 0.3) is 0 Å². The number of hydrogen-bond donors (Lipinski definition) is 2. The molecule has 7 heteroatoms. The van der Waals surface area contributed by atoms with Crippen LogP contribution >= 0.6 is 23.1 Å². The molecule has 1 rings (SSSR count). The summed E-state index contributed by atoms with van der Waals surface area (Å²) in [5.41, 5.74) is 5.76. The van der Waals surface area contributed by atoms with Gasteiger partial charge in [-0.2, -0.15) is 0 Å². The Morgan fingerprint density at radius 2 is 2.27 bits per heavy atom. The van der Waals surface area contributed by atoms with E-state index < -0.39 is 0 Å². The second-order valence-corrected chi connectivity index (χ2v) is 5.55. The first-order valence-corrected chi connectivity index (χ1v) is 6.43. The molecule has 0 radical (unpaired) electrons. The third kappa shape index (κ3) is 4.33. The van der Waals surface area contributed by atoms with Gasteiger partial charge in [0.2, 0.25) is 5.13 Å². The van der Waals surface area contributed by atoms with E-state index in [1.165, 1.54) is 0 Å². The van der Waals surface area contributed by atoms with Gasteiger partial charge in [-0.15, -0.1) is 10.2 Å². The summed E-state index contributed by atoms with van der Waals surface area (Å²) in [6, 6.07) is 0.0201. The van der Waals surface area contributed by atoms with Gasteiger partial charge >= 0.3 is 0 Å². The second-order valence-electron chi connectivity index (χ2n) is 3.33. The van der Waals surface area contributed by atoms with E-state index in [4.69, 9.17) is 10.8 Å². The molecule has 0 fully saturated rings. The van der Waals surface area contributed by atoms with Gasteiger partial charge in [-0.3, -0.25) is 0 Å². The van der Waals surface area contributed by atoms with Crippen molar-refractivity contribution in [3.8, 4) is 0 Å². The molecule has 0 saturated carbocycles. The van der Waals surface area contributed by atoms with Gasteiger partial charge in [-0.1, -0.05) is 23.1 Å². The van der Waals surface area contributed by atoms with Crippen molar-refractivity contribution in [2.45, 2.75) is 16.8 Å².